The average Bonchev–Trinajstić information content (AvgIpc) is 2.66. The molecular weight excluding hydrogens is 310 g/mol. The molecule has 19 heavy (non-hydrogen) atoms. The summed E-state index contributed by atoms with van der Waals surface area (Å²) in [4.78, 5) is 0. The number of hydrogen-bond acceptors (Lipinski definition) is 4. The van der Waals surface area contributed by atoms with Crippen LogP contribution in [-0.2, 0) is 19.9 Å². The number of unbranched alkanes of at least 4 members (excludes halogenated alkanes) is 1. The topological polar surface area (TPSA) is 71.5 Å². The molecule has 8 heteroatoms. The SMILES string of the molecule is C#CCN(C1CCS(=O)(=O)C1)S(=O)(=O)CCCCCl. The molecule has 1 aliphatic rings. The summed E-state index contributed by atoms with van der Waals surface area (Å²) in [5.41, 5.74) is 0. The highest BCUT2D eigenvalue weighted by atomic mass is 35.5. The summed E-state index contributed by atoms with van der Waals surface area (Å²) in [5.74, 6) is 2.54. The normalized spacial score (nSPS) is 22.5. The lowest BCUT2D eigenvalue weighted by atomic mass is 10.3. The van der Waals surface area contributed by atoms with E-state index in [1.54, 1.807) is 0 Å². The van der Waals surface area contributed by atoms with Crippen LogP contribution in [0.25, 0.3) is 0 Å². The zero-order valence-corrected chi connectivity index (χ0v) is 13.0. The third kappa shape index (κ3) is 4.95. The molecule has 0 N–H and O–H groups in total. The van der Waals surface area contributed by atoms with E-state index in [0.29, 0.717) is 25.1 Å². The second-order valence-corrected chi connectivity index (χ2v) is 9.17. The van der Waals surface area contributed by atoms with Crippen molar-refractivity contribution in [2.24, 2.45) is 0 Å². The van der Waals surface area contributed by atoms with Gasteiger partial charge in [0.2, 0.25) is 10.0 Å². The Balaban J connectivity index is 2.80. The van der Waals surface area contributed by atoms with E-state index < -0.39 is 25.9 Å². The summed E-state index contributed by atoms with van der Waals surface area (Å²) in [6.07, 6.45) is 6.56. The van der Waals surface area contributed by atoms with Crippen molar-refractivity contribution in [3.63, 3.8) is 0 Å². The van der Waals surface area contributed by atoms with Crippen LogP contribution in [0.1, 0.15) is 19.3 Å². The molecule has 0 saturated carbocycles. The van der Waals surface area contributed by atoms with Gasteiger partial charge >= 0.3 is 0 Å². The number of nitrogens with zero attached hydrogens (tertiary/aromatic N) is 1. The Morgan fingerprint density at radius 2 is 2.05 bits per heavy atom. The summed E-state index contributed by atoms with van der Waals surface area (Å²) in [6.45, 7) is -0.0800. The van der Waals surface area contributed by atoms with Crippen LogP contribution in [0.2, 0.25) is 0 Å². The second-order valence-electron chi connectivity index (χ2n) is 4.52. The molecule has 0 aromatic rings. The highest BCUT2D eigenvalue weighted by Gasteiger charge is 2.37. The maximum Gasteiger partial charge on any atom is 0.215 e. The van der Waals surface area contributed by atoms with Crippen LogP contribution < -0.4 is 0 Å². The van der Waals surface area contributed by atoms with Gasteiger partial charge in [0, 0.05) is 11.9 Å². The van der Waals surface area contributed by atoms with E-state index in [-0.39, 0.29) is 23.8 Å². The molecule has 0 spiro atoms. The van der Waals surface area contributed by atoms with Crippen molar-refractivity contribution < 1.29 is 16.8 Å². The first kappa shape index (κ1) is 16.8. The maximum atomic E-state index is 12.2. The summed E-state index contributed by atoms with van der Waals surface area (Å²) < 4.78 is 48.4. The van der Waals surface area contributed by atoms with Crippen molar-refractivity contribution in [2.45, 2.75) is 25.3 Å². The Labute approximate surface area is 120 Å². The smallest absolute Gasteiger partial charge is 0.215 e. The van der Waals surface area contributed by atoms with Gasteiger partial charge in [-0.25, -0.2) is 16.8 Å². The molecule has 0 aromatic heterocycles. The Morgan fingerprint density at radius 3 is 2.53 bits per heavy atom. The molecule has 1 aliphatic heterocycles. The molecule has 0 bridgehead atoms. The first-order chi connectivity index (χ1) is 8.82. The van der Waals surface area contributed by atoms with Gasteiger partial charge in [-0.3, -0.25) is 0 Å². The average molecular weight is 328 g/mol. The van der Waals surface area contributed by atoms with Gasteiger partial charge in [0.1, 0.15) is 0 Å². The Hall–Kier alpha value is -0.290. The molecular formula is C11H18ClNO4S2. The van der Waals surface area contributed by atoms with Crippen LogP contribution in [0.5, 0.6) is 0 Å². The summed E-state index contributed by atoms with van der Waals surface area (Å²) in [6, 6.07) is -0.526. The van der Waals surface area contributed by atoms with E-state index in [4.69, 9.17) is 18.0 Å². The Bertz CT molecular complexity index is 536. The standard InChI is InChI=1S/C11H18ClNO4S2/c1-2-7-13(11-5-9-18(14,15)10-11)19(16,17)8-4-3-6-12/h1,11H,3-10H2. The summed E-state index contributed by atoms with van der Waals surface area (Å²) in [7, 11) is -6.66. The van der Waals surface area contributed by atoms with Gasteiger partial charge < -0.3 is 0 Å². The number of rotatable bonds is 7. The summed E-state index contributed by atoms with van der Waals surface area (Å²) in [5, 5.41) is 0. The molecule has 110 valence electrons. The quantitative estimate of drug-likeness (QED) is 0.387. The predicted molar refractivity (Wildman–Crippen MR) is 76.3 cm³/mol. The molecule has 0 aliphatic carbocycles. The monoisotopic (exact) mass is 327 g/mol. The van der Waals surface area contributed by atoms with E-state index in [1.807, 2.05) is 0 Å². The number of alkyl halides is 1. The molecule has 1 rings (SSSR count). The predicted octanol–water partition coefficient (Wildman–Crippen LogP) is 0.457. The third-order valence-corrected chi connectivity index (χ3v) is 6.97. The van der Waals surface area contributed by atoms with E-state index in [9.17, 15) is 16.8 Å². The number of sulfonamides is 1. The van der Waals surface area contributed by atoms with Gasteiger partial charge in [0.25, 0.3) is 0 Å². The minimum absolute atomic E-state index is 0.0237. The molecule has 1 fully saturated rings. The van der Waals surface area contributed by atoms with E-state index >= 15 is 0 Å². The number of sulfone groups is 1. The first-order valence-corrected chi connectivity index (χ1v) is 9.98. The molecule has 1 unspecified atom stereocenters. The second kappa shape index (κ2) is 6.93. The van der Waals surface area contributed by atoms with Gasteiger partial charge in [-0.2, -0.15) is 4.31 Å². The van der Waals surface area contributed by atoms with Crippen molar-refractivity contribution in [1.29, 1.82) is 0 Å². The van der Waals surface area contributed by atoms with Crippen LogP contribution in [0, 0.1) is 12.3 Å². The van der Waals surface area contributed by atoms with E-state index in [1.165, 1.54) is 0 Å². The van der Waals surface area contributed by atoms with Crippen LogP contribution >= 0.6 is 11.6 Å². The minimum atomic E-state index is -3.52. The van der Waals surface area contributed by atoms with E-state index in [2.05, 4.69) is 5.92 Å². The lowest BCUT2D eigenvalue weighted by molar-refractivity contribution is 0.370. The summed E-state index contributed by atoms with van der Waals surface area (Å²) >= 11 is 5.52. The van der Waals surface area contributed by atoms with Gasteiger partial charge in [0.05, 0.1) is 23.8 Å². The zero-order chi connectivity index (χ0) is 14.5. The van der Waals surface area contributed by atoms with Crippen LogP contribution in [0.15, 0.2) is 0 Å². The molecule has 0 amide bonds. The van der Waals surface area contributed by atoms with Crippen LogP contribution in [-0.4, -0.2) is 56.9 Å². The maximum absolute atomic E-state index is 12.2. The molecule has 0 aromatic carbocycles. The van der Waals surface area contributed by atoms with Gasteiger partial charge in [-0.05, 0) is 19.3 Å². The van der Waals surface area contributed by atoms with Crippen molar-refractivity contribution in [3.05, 3.63) is 0 Å². The third-order valence-electron chi connectivity index (χ3n) is 3.01. The Kier molecular flexibility index (Phi) is 6.12. The fourth-order valence-corrected chi connectivity index (χ4v) is 5.77. The Morgan fingerprint density at radius 1 is 1.37 bits per heavy atom. The van der Waals surface area contributed by atoms with Gasteiger partial charge in [-0.1, -0.05) is 5.92 Å². The van der Waals surface area contributed by atoms with Crippen LogP contribution in [0.4, 0.5) is 0 Å². The van der Waals surface area contributed by atoms with E-state index in [0.717, 1.165) is 4.31 Å². The van der Waals surface area contributed by atoms with Crippen molar-refractivity contribution in [3.8, 4) is 12.3 Å². The zero-order valence-electron chi connectivity index (χ0n) is 10.6. The van der Waals surface area contributed by atoms with Crippen molar-refractivity contribution in [1.82, 2.24) is 4.31 Å². The fraction of sp³-hybridized carbons (Fsp3) is 0.818. The highest BCUT2D eigenvalue weighted by molar-refractivity contribution is 7.92. The first-order valence-electron chi connectivity index (χ1n) is 6.02. The number of terminal acetylenes is 1. The number of hydrogen-bond donors (Lipinski definition) is 0. The molecule has 1 heterocycles. The highest BCUT2D eigenvalue weighted by Crippen LogP contribution is 2.21. The van der Waals surface area contributed by atoms with Gasteiger partial charge in [0.15, 0.2) is 9.84 Å². The molecule has 5 nitrogen and oxygen atoms in total. The molecule has 1 atom stereocenters. The molecule has 1 saturated heterocycles. The lowest BCUT2D eigenvalue weighted by Gasteiger charge is -2.25. The van der Waals surface area contributed by atoms with Gasteiger partial charge in [-0.15, -0.1) is 18.0 Å². The minimum Gasteiger partial charge on any atom is -0.229 e. The van der Waals surface area contributed by atoms with Crippen molar-refractivity contribution in [2.75, 3.05) is 29.7 Å². The lowest BCUT2D eigenvalue weighted by Crippen LogP contribution is -2.42. The largest absolute Gasteiger partial charge is 0.229 e. The van der Waals surface area contributed by atoms with Crippen LogP contribution in [0.3, 0.4) is 0 Å². The van der Waals surface area contributed by atoms with Crippen molar-refractivity contribution >= 4 is 31.5 Å². The number of halogens is 1. The molecule has 0 radical (unpaired) electrons. The fourth-order valence-electron chi connectivity index (χ4n) is 2.04.